The van der Waals surface area contributed by atoms with E-state index in [1.165, 1.54) is 19.1 Å². The van der Waals surface area contributed by atoms with Crippen molar-refractivity contribution in [3.05, 3.63) is 63.7 Å². The van der Waals surface area contributed by atoms with E-state index in [1.54, 1.807) is 11.0 Å². The molecule has 1 atom stereocenters. The number of carbonyl (C=O) groups excluding carboxylic acids is 2. The molecule has 2 aliphatic heterocycles. The van der Waals surface area contributed by atoms with E-state index in [9.17, 15) is 22.8 Å². The molecule has 7 nitrogen and oxygen atoms in total. The second-order valence-corrected chi connectivity index (χ2v) is 11.5. The maximum absolute atomic E-state index is 13.7. The third-order valence-electron chi connectivity index (χ3n) is 7.68. The third kappa shape index (κ3) is 8.14. The van der Waals surface area contributed by atoms with Gasteiger partial charge in [-0.3, -0.25) is 14.5 Å². The first-order chi connectivity index (χ1) is 19.3. The Hall–Kier alpha value is -2.82. The summed E-state index contributed by atoms with van der Waals surface area (Å²) in [5.74, 6) is 0.368. The van der Waals surface area contributed by atoms with E-state index in [0.717, 1.165) is 17.2 Å². The predicted octanol–water partition coefficient (Wildman–Crippen LogP) is 5.14. The number of carbonyl (C=O) groups is 2. The highest BCUT2D eigenvalue weighted by molar-refractivity contribution is 6.32. The molecule has 2 aliphatic rings. The molecular formula is C30H37ClF3N3O4. The van der Waals surface area contributed by atoms with E-state index in [4.69, 9.17) is 21.1 Å². The maximum atomic E-state index is 13.7. The van der Waals surface area contributed by atoms with Gasteiger partial charge in [-0.2, -0.15) is 13.2 Å². The van der Waals surface area contributed by atoms with Crippen molar-refractivity contribution in [1.82, 2.24) is 15.1 Å². The number of rotatable bonds is 8. The van der Waals surface area contributed by atoms with Gasteiger partial charge in [-0.25, -0.2) is 0 Å². The van der Waals surface area contributed by atoms with Crippen molar-refractivity contribution in [1.29, 1.82) is 0 Å². The van der Waals surface area contributed by atoms with Gasteiger partial charge in [0.2, 0.25) is 11.8 Å². The first-order valence-corrected chi connectivity index (χ1v) is 14.2. The molecule has 0 bridgehead atoms. The average molecular weight is 596 g/mol. The molecule has 2 aromatic carbocycles. The van der Waals surface area contributed by atoms with Crippen molar-refractivity contribution >= 4 is 23.4 Å². The van der Waals surface area contributed by atoms with Gasteiger partial charge in [-0.15, -0.1) is 0 Å². The second-order valence-electron chi connectivity index (χ2n) is 11.1. The number of amides is 2. The number of hydrogen-bond donors (Lipinski definition) is 1. The zero-order valence-electron chi connectivity index (χ0n) is 23.7. The van der Waals surface area contributed by atoms with Gasteiger partial charge < -0.3 is 19.7 Å². The van der Waals surface area contributed by atoms with Gasteiger partial charge in [0, 0.05) is 50.7 Å². The first kappa shape index (κ1) is 31.1. The number of morpholine rings is 1. The van der Waals surface area contributed by atoms with Crippen molar-refractivity contribution in [2.24, 2.45) is 0 Å². The number of benzene rings is 2. The number of nitrogens with zero attached hydrogens (tertiary/aromatic N) is 2. The summed E-state index contributed by atoms with van der Waals surface area (Å²) in [5.41, 5.74) is 0.136. The summed E-state index contributed by atoms with van der Waals surface area (Å²) in [7, 11) is 0. The van der Waals surface area contributed by atoms with Crippen LogP contribution in [0.4, 0.5) is 13.2 Å². The minimum atomic E-state index is -4.47. The summed E-state index contributed by atoms with van der Waals surface area (Å²) in [6, 6.07) is 9.22. The molecule has 2 amide bonds. The summed E-state index contributed by atoms with van der Waals surface area (Å²) in [6.45, 7) is 7.22. The maximum Gasteiger partial charge on any atom is 0.416 e. The molecule has 0 spiro atoms. The van der Waals surface area contributed by atoms with Gasteiger partial charge in [0.15, 0.2) is 0 Å². The highest BCUT2D eigenvalue weighted by Gasteiger charge is 2.42. The Kier molecular flexibility index (Phi) is 9.87. The van der Waals surface area contributed by atoms with Crippen molar-refractivity contribution in [3.8, 4) is 5.75 Å². The molecule has 1 N–H and O–H groups in total. The Morgan fingerprint density at radius 1 is 1.12 bits per heavy atom. The molecule has 0 saturated carbocycles. The lowest BCUT2D eigenvalue weighted by molar-refractivity contribution is -0.158. The molecule has 4 rings (SSSR count). The number of ether oxygens (including phenoxy) is 2. The van der Waals surface area contributed by atoms with Gasteiger partial charge in [0.1, 0.15) is 18.0 Å². The number of halogens is 4. The summed E-state index contributed by atoms with van der Waals surface area (Å²) in [6.07, 6.45) is -3.15. The SMILES string of the molecule is CC(=O)NC1CCN(C(=O)C[C@@]2(COc3cc(C)c(Cl)c(C)c3)CN(Cc3ccccc3C(F)(F)F)CCO2)CC1. The molecule has 0 aliphatic carbocycles. The average Bonchev–Trinajstić information content (AvgIpc) is 2.90. The summed E-state index contributed by atoms with van der Waals surface area (Å²) >= 11 is 6.32. The third-order valence-corrected chi connectivity index (χ3v) is 8.28. The number of alkyl halides is 3. The van der Waals surface area contributed by atoms with Crippen molar-refractivity contribution in [3.63, 3.8) is 0 Å². The molecule has 2 aromatic rings. The highest BCUT2D eigenvalue weighted by Crippen LogP contribution is 2.34. The molecule has 0 unspecified atom stereocenters. The smallest absolute Gasteiger partial charge is 0.416 e. The van der Waals surface area contributed by atoms with Crippen LogP contribution >= 0.6 is 11.6 Å². The predicted molar refractivity (Wildman–Crippen MR) is 150 cm³/mol. The van der Waals surface area contributed by atoms with E-state index >= 15 is 0 Å². The van der Waals surface area contributed by atoms with Gasteiger partial charge >= 0.3 is 6.18 Å². The normalized spacial score (nSPS) is 20.6. The van der Waals surface area contributed by atoms with Gasteiger partial charge in [-0.1, -0.05) is 29.8 Å². The summed E-state index contributed by atoms with van der Waals surface area (Å²) < 4.78 is 53.5. The Morgan fingerprint density at radius 2 is 1.78 bits per heavy atom. The summed E-state index contributed by atoms with van der Waals surface area (Å²) in [5, 5.41) is 3.55. The van der Waals surface area contributed by atoms with Crippen LogP contribution in [0.1, 0.15) is 48.4 Å². The Morgan fingerprint density at radius 3 is 2.41 bits per heavy atom. The molecule has 0 aromatic heterocycles. The number of hydrogen-bond acceptors (Lipinski definition) is 5. The molecular weight excluding hydrogens is 559 g/mol. The Balaban J connectivity index is 1.52. The molecule has 2 saturated heterocycles. The number of likely N-dealkylation sites (tertiary alicyclic amines) is 1. The highest BCUT2D eigenvalue weighted by atomic mass is 35.5. The van der Waals surface area contributed by atoms with Gasteiger partial charge in [0.25, 0.3) is 0 Å². The lowest BCUT2D eigenvalue weighted by atomic mass is 9.95. The molecule has 2 fully saturated rings. The van der Waals surface area contributed by atoms with Crippen LogP contribution in [0.2, 0.25) is 5.02 Å². The molecule has 41 heavy (non-hydrogen) atoms. The van der Waals surface area contributed by atoms with E-state index < -0.39 is 17.3 Å². The molecule has 2 heterocycles. The van der Waals surface area contributed by atoms with Crippen LogP contribution in [-0.2, 0) is 27.0 Å². The standard InChI is InChI=1S/C30H37ClF3N3O4/c1-20-14-25(15-21(2)28(20)31)40-19-29(16-27(39)37-10-8-24(9-11-37)35-22(3)38)18-36(12-13-41-29)17-23-6-4-5-7-26(23)30(32,33)34/h4-7,14-15,24H,8-13,16-19H2,1-3H3,(H,35,38)/t29-/m0/s1. The van der Waals surface area contributed by atoms with E-state index in [-0.39, 0.29) is 56.1 Å². The molecule has 11 heteroatoms. The van der Waals surface area contributed by atoms with Gasteiger partial charge in [-0.05, 0) is 61.6 Å². The fourth-order valence-corrected chi connectivity index (χ4v) is 5.74. The first-order valence-electron chi connectivity index (χ1n) is 13.8. The van der Waals surface area contributed by atoms with E-state index in [2.05, 4.69) is 5.32 Å². The van der Waals surface area contributed by atoms with Crippen molar-refractivity contribution in [2.45, 2.75) is 64.4 Å². The van der Waals surface area contributed by atoms with Crippen LogP contribution < -0.4 is 10.1 Å². The Bertz CT molecular complexity index is 1230. The number of aryl methyl sites for hydroxylation is 2. The van der Waals surface area contributed by atoms with Crippen LogP contribution in [0.3, 0.4) is 0 Å². The molecule has 224 valence electrons. The van der Waals surface area contributed by atoms with Crippen molar-refractivity contribution in [2.75, 3.05) is 39.4 Å². The van der Waals surface area contributed by atoms with Crippen LogP contribution in [0.25, 0.3) is 0 Å². The lowest BCUT2D eigenvalue weighted by Gasteiger charge is -2.43. The van der Waals surface area contributed by atoms with Crippen LogP contribution in [0.5, 0.6) is 5.75 Å². The van der Waals surface area contributed by atoms with Crippen LogP contribution in [-0.4, -0.2) is 72.6 Å². The van der Waals surface area contributed by atoms with Crippen LogP contribution in [0, 0.1) is 13.8 Å². The second kappa shape index (κ2) is 13.0. The number of piperidine rings is 1. The van der Waals surface area contributed by atoms with Crippen LogP contribution in [0.15, 0.2) is 36.4 Å². The molecule has 0 radical (unpaired) electrons. The largest absolute Gasteiger partial charge is 0.490 e. The minimum Gasteiger partial charge on any atom is -0.490 e. The number of nitrogens with one attached hydrogen (secondary N) is 1. The topological polar surface area (TPSA) is 71.1 Å². The van der Waals surface area contributed by atoms with E-state index in [1.807, 2.05) is 30.9 Å². The zero-order valence-corrected chi connectivity index (χ0v) is 24.4. The lowest BCUT2D eigenvalue weighted by Crippen LogP contribution is -2.57. The minimum absolute atomic E-state index is 0.0147. The van der Waals surface area contributed by atoms with Crippen molar-refractivity contribution < 1.29 is 32.2 Å². The monoisotopic (exact) mass is 595 g/mol. The fraction of sp³-hybridized carbons (Fsp3) is 0.533. The zero-order chi connectivity index (χ0) is 29.8. The van der Waals surface area contributed by atoms with E-state index in [0.29, 0.717) is 43.2 Å². The Labute approximate surface area is 243 Å². The summed E-state index contributed by atoms with van der Waals surface area (Å²) in [4.78, 5) is 28.6. The fourth-order valence-electron chi connectivity index (χ4n) is 5.63. The van der Waals surface area contributed by atoms with Gasteiger partial charge in [0.05, 0.1) is 18.6 Å². The quantitative estimate of drug-likeness (QED) is 0.458.